The van der Waals surface area contributed by atoms with Gasteiger partial charge in [-0.1, -0.05) is 29.8 Å². The van der Waals surface area contributed by atoms with Gasteiger partial charge in [0, 0.05) is 12.6 Å². The Labute approximate surface area is 179 Å². The third kappa shape index (κ3) is 6.51. The average Bonchev–Trinajstić information content (AvgIpc) is 2.70. The SMILES string of the molecule is COc1ccc(CN(C(=O)COc2ccc(C)cc2C)[C@H](C)C(=O)NC(C)C)cc1. The summed E-state index contributed by atoms with van der Waals surface area (Å²) in [6.07, 6.45) is 0. The molecule has 0 radical (unpaired) electrons. The first kappa shape index (κ1) is 23.3. The fourth-order valence-corrected chi connectivity index (χ4v) is 3.10. The van der Waals surface area contributed by atoms with Crippen molar-refractivity contribution in [3.05, 3.63) is 59.2 Å². The van der Waals surface area contributed by atoms with E-state index in [0.29, 0.717) is 12.3 Å². The van der Waals surface area contributed by atoms with Gasteiger partial charge in [-0.15, -0.1) is 0 Å². The van der Waals surface area contributed by atoms with E-state index in [1.807, 2.05) is 70.2 Å². The second-order valence-corrected chi connectivity index (χ2v) is 7.77. The lowest BCUT2D eigenvalue weighted by atomic mass is 10.1. The summed E-state index contributed by atoms with van der Waals surface area (Å²) in [6.45, 7) is 9.63. The van der Waals surface area contributed by atoms with Crippen LogP contribution in [0.5, 0.6) is 11.5 Å². The molecule has 0 fully saturated rings. The summed E-state index contributed by atoms with van der Waals surface area (Å²) in [7, 11) is 1.60. The Morgan fingerprint density at radius 1 is 1.03 bits per heavy atom. The molecule has 0 aliphatic heterocycles. The summed E-state index contributed by atoms with van der Waals surface area (Å²) < 4.78 is 11.0. The van der Waals surface area contributed by atoms with Crippen molar-refractivity contribution in [3.63, 3.8) is 0 Å². The summed E-state index contributed by atoms with van der Waals surface area (Å²) in [6, 6.07) is 12.6. The van der Waals surface area contributed by atoms with Gasteiger partial charge in [0.05, 0.1) is 7.11 Å². The number of nitrogens with one attached hydrogen (secondary N) is 1. The molecule has 162 valence electrons. The largest absolute Gasteiger partial charge is 0.497 e. The normalized spacial score (nSPS) is 11.7. The van der Waals surface area contributed by atoms with E-state index in [0.717, 1.165) is 22.4 Å². The van der Waals surface area contributed by atoms with E-state index in [4.69, 9.17) is 9.47 Å². The molecule has 1 N–H and O–H groups in total. The molecule has 0 spiro atoms. The van der Waals surface area contributed by atoms with Crippen LogP contribution < -0.4 is 14.8 Å². The molecule has 2 amide bonds. The summed E-state index contributed by atoms with van der Waals surface area (Å²) in [5, 5.41) is 2.88. The molecule has 0 saturated heterocycles. The molecule has 0 bridgehead atoms. The standard InChI is InChI=1S/C24H32N2O4/c1-16(2)25-24(28)19(5)26(14-20-8-10-21(29-6)11-9-20)23(27)15-30-22-12-7-17(3)13-18(22)4/h7-13,16,19H,14-15H2,1-6H3,(H,25,28)/t19-/m1/s1. The highest BCUT2D eigenvalue weighted by atomic mass is 16.5. The number of ether oxygens (including phenoxy) is 2. The molecule has 0 aromatic heterocycles. The maximum absolute atomic E-state index is 13.1. The summed E-state index contributed by atoms with van der Waals surface area (Å²) in [5.74, 6) is 0.952. The van der Waals surface area contributed by atoms with Gasteiger partial charge >= 0.3 is 0 Å². The first-order valence-corrected chi connectivity index (χ1v) is 10.1. The lowest BCUT2D eigenvalue weighted by Crippen LogP contribution is -2.50. The van der Waals surface area contributed by atoms with Crippen LogP contribution in [0, 0.1) is 13.8 Å². The molecule has 2 aromatic rings. The van der Waals surface area contributed by atoms with E-state index >= 15 is 0 Å². The van der Waals surface area contributed by atoms with Crippen molar-refractivity contribution >= 4 is 11.8 Å². The molecule has 30 heavy (non-hydrogen) atoms. The molecule has 1 atom stereocenters. The Kier molecular flexibility index (Phi) is 8.27. The van der Waals surface area contributed by atoms with Gasteiger partial charge in [-0.05, 0) is 63.9 Å². The van der Waals surface area contributed by atoms with Crippen LogP contribution in [0.15, 0.2) is 42.5 Å². The fraction of sp³-hybridized carbons (Fsp3) is 0.417. The Balaban J connectivity index is 2.17. The van der Waals surface area contributed by atoms with E-state index < -0.39 is 6.04 Å². The molecule has 0 heterocycles. The predicted molar refractivity (Wildman–Crippen MR) is 118 cm³/mol. The lowest BCUT2D eigenvalue weighted by Gasteiger charge is -2.29. The minimum absolute atomic E-state index is 0.00986. The Bertz CT molecular complexity index is 862. The van der Waals surface area contributed by atoms with Crippen molar-refractivity contribution in [2.45, 2.75) is 53.2 Å². The van der Waals surface area contributed by atoms with Crippen LogP contribution in [-0.2, 0) is 16.1 Å². The highest BCUT2D eigenvalue weighted by Crippen LogP contribution is 2.20. The van der Waals surface area contributed by atoms with E-state index in [1.165, 1.54) is 0 Å². The predicted octanol–water partition coefficient (Wildman–Crippen LogP) is 3.63. The Hall–Kier alpha value is -3.02. The third-order valence-corrected chi connectivity index (χ3v) is 4.79. The van der Waals surface area contributed by atoms with Crippen LogP contribution in [-0.4, -0.2) is 42.5 Å². The van der Waals surface area contributed by atoms with Crippen LogP contribution in [0.4, 0.5) is 0 Å². The molecule has 2 rings (SSSR count). The quantitative estimate of drug-likeness (QED) is 0.683. The molecule has 0 unspecified atom stereocenters. The van der Waals surface area contributed by atoms with Crippen LogP contribution in [0.2, 0.25) is 0 Å². The Morgan fingerprint density at radius 2 is 1.70 bits per heavy atom. The Morgan fingerprint density at radius 3 is 2.27 bits per heavy atom. The number of rotatable bonds is 9. The zero-order chi connectivity index (χ0) is 22.3. The van der Waals surface area contributed by atoms with Gasteiger partial charge in [0.25, 0.3) is 5.91 Å². The monoisotopic (exact) mass is 412 g/mol. The molecule has 0 saturated carbocycles. The van der Waals surface area contributed by atoms with Crippen molar-refractivity contribution in [3.8, 4) is 11.5 Å². The number of amides is 2. The summed E-state index contributed by atoms with van der Waals surface area (Å²) >= 11 is 0. The van der Waals surface area contributed by atoms with Crippen molar-refractivity contribution in [2.75, 3.05) is 13.7 Å². The molecule has 0 aliphatic rings. The van der Waals surface area contributed by atoms with Crippen molar-refractivity contribution in [1.29, 1.82) is 0 Å². The van der Waals surface area contributed by atoms with Crippen molar-refractivity contribution < 1.29 is 19.1 Å². The van der Waals surface area contributed by atoms with Gasteiger partial charge < -0.3 is 19.7 Å². The summed E-state index contributed by atoms with van der Waals surface area (Å²) in [4.78, 5) is 27.2. The van der Waals surface area contributed by atoms with E-state index in [9.17, 15) is 9.59 Å². The highest BCUT2D eigenvalue weighted by molar-refractivity contribution is 5.88. The van der Waals surface area contributed by atoms with E-state index in [1.54, 1.807) is 18.9 Å². The zero-order valence-corrected chi connectivity index (χ0v) is 18.7. The first-order chi connectivity index (χ1) is 14.2. The number of aryl methyl sites for hydroxylation is 2. The minimum Gasteiger partial charge on any atom is -0.497 e. The number of benzene rings is 2. The summed E-state index contributed by atoms with van der Waals surface area (Å²) in [5.41, 5.74) is 3.00. The molecule has 6 nitrogen and oxygen atoms in total. The van der Waals surface area contributed by atoms with Gasteiger partial charge in [0.15, 0.2) is 6.61 Å². The molecular weight excluding hydrogens is 380 g/mol. The number of carbonyl (C=O) groups excluding carboxylic acids is 2. The number of hydrogen-bond acceptors (Lipinski definition) is 4. The number of carbonyl (C=O) groups is 2. The molecular formula is C24H32N2O4. The van der Waals surface area contributed by atoms with Gasteiger partial charge in [-0.25, -0.2) is 0 Å². The van der Waals surface area contributed by atoms with Gasteiger partial charge in [-0.3, -0.25) is 9.59 Å². The maximum atomic E-state index is 13.1. The molecule has 0 aliphatic carbocycles. The number of methoxy groups -OCH3 is 1. The molecule has 2 aromatic carbocycles. The number of hydrogen-bond donors (Lipinski definition) is 1. The average molecular weight is 413 g/mol. The van der Waals surface area contributed by atoms with Crippen LogP contribution in [0.25, 0.3) is 0 Å². The second-order valence-electron chi connectivity index (χ2n) is 7.77. The van der Waals surface area contributed by atoms with Crippen LogP contribution in [0.1, 0.15) is 37.5 Å². The lowest BCUT2D eigenvalue weighted by molar-refractivity contribution is -0.142. The van der Waals surface area contributed by atoms with Crippen LogP contribution >= 0.6 is 0 Å². The van der Waals surface area contributed by atoms with Crippen LogP contribution in [0.3, 0.4) is 0 Å². The van der Waals surface area contributed by atoms with Gasteiger partial charge in [0.1, 0.15) is 17.5 Å². The zero-order valence-electron chi connectivity index (χ0n) is 18.7. The fourth-order valence-electron chi connectivity index (χ4n) is 3.10. The van der Waals surface area contributed by atoms with Crippen molar-refractivity contribution in [2.24, 2.45) is 0 Å². The van der Waals surface area contributed by atoms with Gasteiger partial charge in [0.2, 0.25) is 5.91 Å². The van der Waals surface area contributed by atoms with E-state index in [-0.39, 0.29) is 24.5 Å². The van der Waals surface area contributed by atoms with E-state index in [2.05, 4.69) is 5.32 Å². The smallest absolute Gasteiger partial charge is 0.261 e. The topological polar surface area (TPSA) is 67.9 Å². The molecule has 6 heteroatoms. The maximum Gasteiger partial charge on any atom is 0.261 e. The number of nitrogens with zero attached hydrogens (tertiary/aromatic N) is 1. The van der Waals surface area contributed by atoms with Gasteiger partial charge in [-0.2, -0.15) is 0 Å². The highest BCUT2D eigenvalue weighted by Gasteiger charge is 2.27. The minimum atomic E-state index is -0.635. The second kappa shape index (κ2) is 10.7. The third-order valence-electron chi connectivity index (χ3n) is 4.79. The van der Waals surface area contributed by atoms with Crippen molar-refractivity contribution in [1.82, 2.24) is 10.2 Å². The first-order valence-electron chi connectivity index (χ1n) is 10.1.